The van der Waals surface area contributed by atoms with Crippen molar-refractivity contribution in [3.05, 3.63) is 0 Å². The first kappa shape index (κ1) is 10.9. The van der Waals surface area contributed by atoms with Crippen molar-refractivity contribution in [2.45, 2.75) is 57.5 Å². The number of hydrogen-bond acceptors (Lipinski definition) is 2. The van der Waals surface area contributed by atoms with Crippen LogP contribution in [-0.4, -0.2) is 23.2 Å². The van der Waals surface area contributed by atoms with Crippen LogP contribution in [0.3, 0.4) is 0 Å². The van der Waals surface area contributed by atoms with E-state index in [0.717, 1.165) is 11.8 Å². The summed E-state index contributed by atoms with van der Waals surface area (Å²) in [4.78, 5) is 10.8. The second-order valence-corrected chi connectivity index (χ2v) is 5.12. The monoisotopic (exact) mass is 211 g/mol. The van der Waals surface area contributed by atoms with E-state index in [-0.39, 0.29) is 0 Å². The van der Waals surface area contributed by atoms with E-state index in [4.69, 9.17) is 5.11 Å². The Morgan fingerprint density at radius 1 is 1.27 bits per heavy atom. The highest BCUT2D eigenvalue weighted by atomic mass is 16.4. The van der Waals surface area contributed by atoms with Gasteiger partial charge in [-0.25, -0.2) is 0 Å². The molecule has 3 heteroatoms. The lowest BCUT2D eigenvalue weighted by Crippen LogP contribution is -2.47. The Balaban J connectivity index is 1.89. The molecule has 2 saturated carbocycles. The third kappa shape index (κ3) is 2.71. The summed E-state index contributed by atoms with van der Waals surface area (Å²) in [7, 11) is 0. The molecule has 0 spiro atoms. The van der Waals surface area contributed by atoms with Crippen molar-refractivity contribution in [2.24, 2.45) is 11.8 Å². The van der Waals surface area contributed by atoms with E-state index in [2.05, 4.69) is 5.32 Å². The summed E-state index contributed by atoms with van der Waals surface area (Å²) >= 11 is 0. The van der Waals surface area contributed by atoms with Crippen LogP contribution in [0.1, 0.15) is 45.4 Å². The number of carbonyl (C=O) groups is 1. The molecule has 0 aromatic carbocycles. The molecule has 2 aliphatic carbocycles. The van der Waals surface area contributed by atoms with Crippen molar-refractivity contribution in [3.63, 3.8) is 0 Å². The first-order valence-corrected chi connectivity index (χ1v) is 6.17. The van der Waals surface area contributed by atoms with E-state index in [1.807, 2.05) is 0 Å². The molecule has 0 radical (unpaired) electrons. The van der Waals surface area contributed by atoms with Crippen LogP contribution in [0.15, 0.2) is 0 Å². The lowest BCUT2D eigenvalue weighted by atomic mass is 9.81. The molecule has 2 N–H and O–H groups in total. The molecular weight excluding hydrogens is 190 g/mol. The van der Waals surface area contributed by atoms with E-state index in [1.54, 1.807) is 6.92 Å². The molecule has 2 aliphatic rings. The predicted molar refractivity (Wildman–Crippen MR) is 58.7 cm³/mol. The predicted octanol–water partition coefficient (Wildman–Crippen LogP) is 2.02. The van der Waals surface area contributed by atoms with Crippen LogP contribution >= 0.6 is 0 Å². The molecule has 2 fully saturated rings. The first-order valence-electron chi connectivity index (χ1n) is 6.17. The summed E-state index contributed by atoms with van der Waals surface area (Å²) in [5.74, 6) is 0.916. The lowest BCUT2D eigenvalue weighted by molar-refractivity contribution is -0.139. The molecule has 3 nitrogen and oxygen atoms in total. The highest BCUT2D eigenvalue weighted by Gasteiger charge is 2.38. The highest BCUT2D eigenvalue weighted by molar-refractivity contribution is 5.72. The quantitative estimate of drug-likeness (QED) is 0.748. The molecule has 0 aromatic rings. The van der Waals surface area contributed by atoms with Crippen molar-refractivity contribution >= 4 is 5.97 Å². The van der Waals surface area contributed by atoms with E-state index < -0.39 is 12.0 Å². The fraction of sp³-hybridized carbons (Fsp3) is 0.917. The minimum absolute atomic E-state index is 0.394. The molecule has 3 atom stereocenters. The molecule has 0 amide bonds. The summed E-state index contributed by atoms with van der Waals surface area (Å²) in [5, 5.41) is 12.2. The van der Waals surface area contributed by atoms with Gasteiger partial charge < -0.3 is 10.4 Å². The van der Waals surface area contributed by atoms with Gasteiger partial charge in [0.15, 0.2) is 0 Å². The van der Waals surface area contributed by atoms with E-state index in [9.17, 15) is 4.79 Å². The topological polar surface area (TPSA) is 49.3 Å². The van der Waals surface area contributed by atoms with Crippen molar-refractivity contribution in [1.29, 1.82) is 0 Å². The normalized spacial score (nSPS) is 33.7. The van der Waals surface area contributed by atoms with Crippen LogP contribution in [0.25, 0.3) is 0 Å². The number of hydrogen-bond donors (Lipinski definition) is 2. The smallest absolute Gasteiger partial charge is 0.320 e. The fourth-order valence-electron chi connectivity index (χ4n) is 2.85. The van der Waals surface area contributed by atoms with Gasteiger partial charge in [0, 0.05) is 6.04 Å². The summed E-state index contributed by atoms with van der Waals surface area (Å²) < 4.78 is 0. The SMILES string of the molecule is C[C@H](NC1CCCCC1C1CC1)C(=O)O. The zero-order valence-electron chi connectivity index (χ0n) is 9.41. The van der Waals surface area contributed by atoms with Gasteiger partial charge >= 0.3 is 5.97 Å². The van der Waals surface area contributed by atoms with E-state index >= 15 is 0 Å². The third-order valence-electron chi connectivity index (χ3n) is 3.88. The molecule has 0 saturated heterocycles. The van der Waals surface area contributed by atoms with Gasteiger partial charge in [0.05, 0.1) is 0 Å². The fourth-order valence-corrected chi connectivity index (χ4v) is 2.85. The van der Waals surface area contributed by atoms with Crippen molar-refractivity contribution in [3.8, 4) is 0 Å². The van der Waals surface area contributed by atoms with Crippen molar-refractivity contribution in [1.82, 2.24) is 5.32 Å². The largest absolute Gasteiger partial charge is 0.480 e. The average Bonchev–Trinajstić information content (AvgIpc) is 3.02. The van der Waals surface area contributed by atoms with Gasteiger partial charge in [-0.05, 0) is 44.4 Å². The molecule has 86 valence electrons. The van der Waals surface area contributed by atoms with Crippen LogP contribution in [0.4, 0.5) is 0 Å². The van der Waals surface area contributed by atoms with Gasteiger partial charge in [0.1, 0.15) is 6.04 Å². The first-order chi connectivity index (χ1) is 7.18. The van der Waals surface area contributed by atoms with Gasteiger partial charge in [0.25, 0.3) is 0 Å². The van der Waals surface area contributed by atoms with Crippen LogP contribution in [0.5, 0.6) is 0 Å². The van der Waals surface area contributed by atoms with Crippen molar-refractivity contribution < 1.29 is 9.90 Å². The number of carboxylic acids is 1. The summed E-state index contributed by atoms with van der Waals surface area (Å²) in [6.45, 7) is 1.75. The summed E-state index contributed by atoms with van der Waals surface area (Å²) in [6, 6.07) is 0.0618. The maximum Gasteiger partial charge on any atom is 0.320 e. The van der Waals surface area contributed by atoms with Crippen LogP contribution in [-0.2, 0) is 4.79 Å². The summed E-state index contributed by atoms with van der Waals surface area (Å²) in [6.07, 6.45) is 7.79. The number of carboxylic acid groups (broad SMARTS) is 1. The maximum absolute atomic E-state index is 10.8. The molecular formula is C12H21NO2. The number of aliphatic carboxylic acids is 1. The maximum atomic E-state index is 10.8. The minimum Gasteiger partial charge on any atom is -0.480 e. The van der Waals surface area contributed by atoms with Gasteiger partial charge in [-0.3, -0.25) is 4.79 Å². The molecule has 2 unspecified atom stereocenters. The average molecular weight is 211 g/mol. The molecule has 0 aromatic heterocycles. The lowest BCUT2D eigenvalue weighted by Gasteiger charge is -2.33. The minimum atomic E-state index is -0.727. The Kier molecular flexibility index (Phi) is 3.29. The zero-order valence-corrected chi connectivity index (χ0v) is 9.41. The molecule has 0 aliphatic heterocycles. The van der Waals surface area contributed by atoms with Crippen molar-refractivity contribution in [2.75, 3.05) is 0 Å². The van der Waals surface area contributed by atoms with E-state index in [0.29, 0.717) is 6.04 Å². The molecule has 0 bridgehead atoms. The Hall–Kier alpha value is -0.570. The Labute approximate surface area is 91.2 Å². The summed E-state index contributed by atoms with van der Waals surface area (Å²) in [5.41, 5.74) is 0. The van der Waals surface area contributed by atoms with Crippen LogP contribution < -0.4 is 5.32 Å². The standard InChI is InChI=1S/C12H21NO2/c1-8(12(14)15)13-11-5-3-2-4-10(11)9-6-7-9/h8-11,13H,2-7H2,1H3,(H,14,15)/t8-,10?,11?/m0/s1. The van der Waals surface area contributed by atoms with Gasteiger partial charge in [0.2, 0.25) is 0 Å². The van der Waals surface area contributed by atoms with Crippen LogP contribution in [0, 0.1) is 11.8 Å². The molecule has 0 heterocycles. The Morgan fingerprint density at radius 2 is 1.93 bits per heavy atom. The zero-order chi connectivity index (χ0) is 10.8. The third-order valence-corrected chi connectivity index (χ3v) is 3.88. The highest BCUT2D eigenvalue weighted by Crippen LogP contribution is 2.44. The van der Waals surface area contributed by atoms with Gasteiger partial charge in [-0.1, -0.05) is 12.8 Å². The van der Waals surface area contributed by atoms with Gasteiger partial charge in [-0.15, -0.1) is 0 Å². The Morgan fingerprint density at radius 3 is 2.53 bits per heavy atom. The molecule has 2 rings (SSSR count). The Bertz CT molecular complexity index is 238. The number of nitrogens with one attached hydrogen (secondary N) is 1. The van der Waals surface area contributed by atoms with Gasteiger partial charge in [-0.2, -0.15) is 0 Å². The molecule has 15 heavy (non-hydrogen) atoms. The number of rotatable bonds is 4. The second kappa shape index (κ2) is 4.52. The van der Waals surface area contributed by atoms with E-state index in [1.165, 1.54) is 38.5 Å². The second-order valence-electron chi connectivity index (χ2n) is 5.12. The van der Waals surface area contributed by atoms with Crippen LogP contribution in [0.2, 0.25) is 0 Å².